The van der Waals surface area contributed by atoms with E-state index in [9.17, 15) is 9.90 Å². The Hall–Kier alpha value is -0.610. The summed E-state index contributed by atoms with van der Waals surface area (Å²) in [4.78, 5) is 13.6. The number of amides is 1. The number of likely N-dealkylation sites (N-methyl/N-ethyl adjacent to an activating group) is 1. The van der Waals surface area contributed by atoms with Crippen LogP contribution in [0.25, 0.3) is 0 Å². The molecule has 1 saturated carbocycles. The van der Waals surface area contributed by atoms with Crippen molar-refractivity contribution in [3.8, 4) is 0 Å². The van der Waals surface area contributed by atoms with Gasteiger partial charge < -0.3 is 10.4 Å². The van der Waals surface area contributed by atoms with Crippen molar-refractivity contribution in [2.45, 2.75) is 45.1 Å². The van der Waals surface area contributed by atoms with Crippen LogP contribution in [0.2, 0.25) is 0 Å². The van der Waals surface area contributed by atoms with Gasteiger partial charge in [0.1, 0.15) is 0 Å². The van der Waals surface area contributed by atoms with Crippen LogP contribution >= 0.6 is 0 Å². The predicted molar refractivity (Wildman–Crippen MR) is 68.8 cm³/mol. The summed E-state index contributed by atoms with van der Waals surface area (Å²) in [6.07, 6.45) is 5.09. The van der Waals surface area contributed by atoms with Crippen molar-refractivity contribution >= 4 is 5.91 Å². The molecule has 1 fully saturated rings. The van der Waals surface area contributed by atoms with E-state index >= 15 is 0 Å². The van der Waals surface area contributed by atoms with E-state index < -0.39 is 0 Å². The zero-order valence-electron chi connectivity index (χ0n) is 11.1. The van der Waals surface area contributed by atoms with Crippen LogP contribution in [-0.2, 0) is 4.79 Å². The molecule has 0 heterocycles. The summed E-state index contributed by atoms with van der Waals surface area (Å²) >= 11 is 0. The predicted octanol–water partition coefficient (Wildman–Crippen LogP) is 0.995. The summed E-state index contributed by atoms with van der Waals surface area (Å²) in [5, 5.41) is 12.6. The lowest BCUT2D eigenvalue weighted by atomic mass is 10.1. The molecular weight excluding hydrogens is 216 g/mol. The molecule has 1 aliphatic rings. The van der Waals surface area contributed by atoms with Gasteiger partial charge in [-0.3, -0.25) is 9.69 Å². The van der Waals surface area contributed by atoms with Gasteiger partial charge in [-0.1, -0.05) is 19.8 Å². The highest BCUT2D eigenvalue weighted by atomic mass is 16.3. The molecule has 1 amide bonds. The minimum Gasteiger partial charge on any atom is -0.393 e. The van der Waals surface area contributed by atoms with Crippen molar-refractivity contribution in [2.24, 2.45) is 5.92 Å². The lowest BCUT2D eigenvalue weighted by molar-refractivity contribution is -0.122. The van der Waals surface area contributed by atoms with Gasteiger partial charge in [-0.15, -0.1) is 0 Å². The van der Waals surface area contributed by atoms with E-state index in [-0.39, 0.29) is 12.0 Å². The summed E-state index contributed by atoms with van der Waals surface area (Å²) in [5.41, 5.74) is 0. The molecule has 0 bridgehead atoms. The van der Waals surface area contributed by atoms with Gasteiger partial charge in [0.25, 0.3) is 0 Å². The van der Waals surface area contributed by atoms with Gasteiger partial charge >= 0.3 is 0 Å². The SMILES string of the molecule is CCCCNC(=O)CN(C)CC1CCCC1O. The van der Waals surface area contributed by atoms with Crippen LogP contribution in [0.15, 0.2) is 0 Å². The molecule has 0 aromatic carbocycles. The van der Waals surface area contributed by atoms with Crippen LogP contribution in [0.1, 0.15) is 39.0 Å². The molecule has 1 aliphatic carbocycles. The van der Waals surface area contributed by atoms with E-state index in [2.05, 4.69) is 12.2 Å². The molecule has 0 spiro atoms. The van der Waals surface area contributed by atoms with Crippen molar-refractivity contribution in [3.63, 3.8) is 0 Å². The quantitative estimate of drug-likeness (QED) is 0.655. The Morgan fingerprint density at radius 2 is 2.24 bits per heavy atom. The van der Waals surface area contributed by atoms with E-state index in [1.54, 1.807) is 0 Å². The highest BCUT2D eigenvalue weighted by molar-refractivity contribution is 5.77. The fraction of sp³-hybridized carbons (Fsp3) is 0.923. The second kappa shape index (κ2) is 7.67. The first kappa shape index (κ1) is 14.5. The van der Waals surface area contributed by atoms with E-state index in [4.69, 9.17) is 0 Å². The molecule has 2 N–H and O–H groups in total. The smallest absolute Gasteiger partial charge is 0.234 e. The standard InChI is InChI=1S/C13H26N2O2/c1-3-4-8-14-13(17)10-15(2)9-11-6-5-7-12(11)16/h11-12,16H,3-10H2,1-2H3,(H,14,17). The van der Waals surface area contributed by atoms with Crippen molar-refractivity contribution in [1.29, 1.82) is 0 Å². The molecule has 0 radical (unpaired) electrons. The van der Waals surface area contributed by atoms with Crippen LogP contribution in [0.4, 0.5) is 0 Å². The third kappa shape index (κ3) is 5.50. The lowest BCUT2D eigenvalue weighted by Gasteiger charge is -2.22. The van der Waals surface area contributed by atoms with Crippen molar-refractivity contribution < 1.29 is 9.90 Å². The number of aliphatic hydroxyl groups excluding tert-OH is 1. The van der Waals surface area contributed by atoms with Crippen molar-refractivity contribution in [3.05, 3.63) is 0 Å². The number of unbranched alkanes of at least 4 members (excludes halogenated alkanes) is 1. The molecule has 2 atom stereocenters. The van der Waals surface area contributed by atoms with Gasteiger partial charge in [0.05, 0.1) is 12.6 Å². The van der Waals surface area contributed by atoms with Crippen LogP contribution in [-0.4, -0.2) is 48.7 Å². The van der Waals surface area contributed by atoms with Gasteiger partial charge in [-0.25, -0.2) is 0 Å². The van der Waals surface area contributed by atoms with Crippen LogP contribution in [0, 0.1) is 5.92 Å². The molecule has 2 unspecified atom stereocenters. The van der Waals surface area contributed by atoms with E-state index in [0.717, 1.165) is 45.2 Å². The Bertz CT molecular complexity index is 233. The third-order valence-corrected chi connectivity index (χ3v) is 3.43. The van der Waals surface area contributed by atoms with Crippen LogP contribution < -0.4 is 5.32 Å². The molecule has 100 valence electrons. The van der Waals surface area contributed by atoms with Gasteiger partial charge in [0.2, 0.25) is 5.91 Å². The lowest BCUT2D eigenvalue weighted by Crippen LogP contribution is -2.38. The number of hydrogen-bond donors (Lipinski definition) is 2. The Kier molecular flexibility index (Phi) is 6.52. The molecule has 0 saturated heterocycles. The first-order chi connectivity index (χ1) is 8.13. The minimum absolute atomic E-state index is 0.0911. The fourth-order valence-corrected chi connectivity index (χ4v) is 2.40. The van der Waals surface area contributed by atoms with E-state index in [0.29, 0.717) is 12.5 Å². The van der Waals surface area contributed by atoms with Gasteiger partial charge in [-0.2, -0.15) is 0 Å². The van der Waals surface area contributed by atoms with E-state index in [1.165, 1.54) is 0 Å². The average Bonchev–Trinajstić information content (AvgIpc) is 2.64. The third-order valence-electron chi connectivity index (χ3n) is 3.43. The first-order valence-electron chi connectivity index (χ1n) is 6.76. The Balaban J connectivity index is 2.15. The maximum atomic E-state index is 11.6. The van der Waals surface area contributed by atoms with Crippen LogP contribution in [0.3, 0.4) is 0 Å². The summed E-state index contributed by atoms with van der Waals surface area (Å²) in [6.45, 7) is 4.14. The number of carbonyl (C=O) groups is 1. The van der Waals surface area contributed by atoms with Crippen molar-refractivity contribution in [2.75, 3.05) is 26.7 Å². The van der Waals surface area contributed by atoms with Gasteiger partial charge in [0, 0.05) is 13.1 Å². The van der Waals surface area contributed by atoms with Crippen molar-refractivity contribution in [1.82, 2.24) is 10.2 Å². The number of carbonyl (C=O) groups excluding carboxylic acids is 1. The summed E-state index contributed by atoms with van der Waals surface area (Å²) in [6, 6.07) is 0. The molecule has 4 heteroatoms. The zero-order valence-corrected chi connectivity index (χ0v) is 11.1. The fourth-order valence-electron chi connectivity index (χ4n) is 2.40. The average molecular weight is 242 g/mol. The minimum atomic E-state index is -0.166. The Labute approximate surface area is 104 Å². The summed E-state index contributed by atoms with van der Waals surface area (Å²) < 4.78 is 0. The monoisotopic (exact) mass is 242 g/mol. The normalized spacial score (nSPS) is 24.2. The van der Waals surface area contributed by atoms with Crippen LogP contribution in [0.5, 0.6) is 0 Å². The second-order valence-corrected chi connectivity index (χ2v) is 5.16. The maximum Gasteiger partial charge on any atom is 0.234 e. The van der Waals surface area contributed by atoms with Gasteiger partial charge in [0.15, 0.2) is 0 Å². The largest absolute Gasteiger partial charge is 0.393 e. The topological polar surface area (TPSA) is 52.6 Å². The number of aliphatic hydroxyl groups is 1. The molecule has 0 aromatic heterocycles. The highest BCUT2D eigenvalue weighted by Gasteiger charge is 2.26. The number of nitrogens with zero attached hydrogens (tertiary/aromatic N) is 1. The zero-order chi connectivity index (χ0) is 12.7. The highest BCUT2D eigenvalue weighted by Crippen LogP contribution is 2.25. The molecular formula is C13H26N2O2. The number of hydrogen-bond acceptors (Lipinski definition) is 3. The molecule has 17 heavy (non-hydrogen) atoms. The maximum absolute atomic E-state index is 11.6. The molecule has 4 nitrogen and oxygen atoms in total. The summed E-state index contributed by atoms with van der Waals surface area (Å²) in [7, 11) is 1.95. The summed E-state index contributed by atoms with van der Waals surface area (Å²) in [5.74, 6) is 0.442. The number of rotatable bonds is 7. The van der Waals surface area contributed by atoms with Gasteiger partial charge in [-0.05, 0) is 32.2 Å². The molecule has 1 rings (SSSR count). The Morgan fingerprint density at radius 1 is 1.47 bits per heavy atom. The second-order valence-electron chi connectivity index (χ2n) is 5.16. The Morgan fingerprint density at radius 3 is 2.82 bits per heavy atom. The molecule has 0 aromatic rings. The number of nitrogens with one attached hydrogen (secondary N) is 1. The first-order valence-corrected chi connectivity index (χ1v) is 6.76. The van der Waals surface area contributed by atoms with E-state index in [1.807, 2.05) is 11.9 Å². The molecule has 0 aliphatic heterocycles.